The van der Waals surface area contributed by atoms with E-state index in [0.29, 0.717) is 23.4 Å². The standard InChI is InChI=1S/C17H34N2/c1-11-7-13(5-6-15(11)18)9-14-8-12(2)16(19)17(3,4)10-14/h11-16H,5-10,18-19H2,1-4H3. The summed E-state index contributed by atoms with van der Waals surface area (Å²) in [4.78, 5) is 0. The maximum atomic E-state index is 6.38. The van der Waals surface area contributed by atoms with Gasteiger partial charge in [-0.2, -0.15) is 0 Å². The molecule has 112 valence electrons. The lowest BCUT2D eigenvalue weighted by atomic mass is 9.62. The van der Waals surface area contributed by atoms with Crippen molar-refractivity contribution in [2.24, 2.45) is 40.6 Å². The molecule has 0 saturated heterocycles. The van der Waals surface area contributed by atoms with Crippen molar-refractivity contribution in [3.8, 4) is 0 Å². The molecular formula is C17H34N2. The van der Waals surface area contributed by atoms with E-state index in [1.165, 1.54) is 38.5 Å². The van der Waals surface area contributed by atoms with Crippen molar-refractivity contribution in [2.45, 2.75) is 78.3 Å². The van der Waals surface area contributed by atoms with Gasteiger partial charge in [0.25, 0.3) is 0 Å². The molecule has 2 aliphatic rings. The lowest BCUT2D eigenvalue weighted by molar-refractivity contribution is 0.0776. The summed E-state index contributed by atoms with van der Waals surface area (Å²) >= 11 is 0. The highest BCUT2D eigenvalue weighted by molar-refractivity contribution is 4.94. The third kappa shape index (κ3) is 3.52. The molecule has 6 atom stereocenters. The molecule has 0 aromatic carbocycles. The van der Waals surface area contributed by atoms with Crippen molar-refractivity contribution in [3.05, 3.63) is 0 Å². The highest BCUT2D eigenvalue weighted by Gasteiger charge is 2.39. The topological polar surface area (TPSA) is 52.0 Å². The number of rotatable bonds is 2. The van der Waals surface area contributed by atoms with Gasteiger partial charge in [0.2, 0.25) is 0 Å². The van der Waals surface area contributed by atoms with Crippen LogP contribution in [0.2, 0.25) is 0 Å². The van der Waals surface area contributed by atoms with Crippen LogP contribution in [0.4, 0.5) is 0 Å². The minimum Gasteiger partial charge on any atom is -0.327 e. The second-order valence-electron chi connectivity index (χ2n) is 8.35. The molecule has 0 radical (unpaired) electrons. The summed E-state index contributed by atoms with van der Waals surface area (Å²) in [6.07, 6.45) is 7.99. The number of nitrogens with two attached hydrogens (primary N) is 2. The van der Waals surface area contributed by atoms with Gasteiger partial charge < -0.3 is 11.5 Å². The van der Waals surface area contributed by atoms with Crippen molar-refractivity contribution in [2.75, 3.05) is 0 Å². The summed E-state index contributed by atoms with van der Waals surface area (Å²) in [5, 5.41) is 0. The maximum Gasteiger partial charge on any atom is 0.0116 e. The molecule has 2 rings (SSSR count). The van der Waals surface area contributed by atoms with Gasteiger partial charge in [-0.05, 0) is 67.6 Å². The second kappa shape index (κ2) is 5.73. The first-order valence-corrected chi connectivity index (χ1v) is 8.30. The Morgan fingerprint density at radius 1 is 0.947 bits per heavy atom. The third-order valence-corrected chi connectivity index (χ3v) is 6.05. The van der Waals surface area contributed by atoms with Crippen LogP contribution in [0.3, 0.4) is 0 Å². The summed E-state index contributed by atoms with van der Waals surface area (Å²) in [5.74, 6) is 3.19. The molecule has 0 bridgehead atoms. The van der Waals surface area contributed by atoms with Gasteiger partial charge in [0.15, 0.2) is 0 Å². The van der Waals surface area contributed by atoms with E-state index in [0.717, 1.165) is 17.8 Å². The Kier molecular flexibility index (Phi) is 4.62. The highest BCUT2D eigenvalue weighted by atomic mass is 14.7. The zero-order chi connectivity index (χ0) is 14.2. The van der Waals surface area contributed by atoms with Crippen LogP contribution in [0, 0.1) is 29.1 Å². The van der Waals surface area contributed by atoms with E-state index in [2.05, 4.69) is 27.7 Å². The molecule has 0 aromatic rings. The van der Waals surface area contributed by atoms with Gasteiger partial charge in [-0.25, -0.2) is 0 Å². The van der Waals surface area contributed by atoms with Gasteiger partial charge in [0.05, 0.1) is 0 Å². The van der Waals surface area contributed by atoms with Crippen LogP contribution < -0.4 is 11.5 Å². The van der Waals surface area contributed by atoms with Crippen molar-refractivity contribution in [1.29, 1.82) is 0 Å². The largest absolute Gasteiger partial charge is 0.327 e. The lowest BCUT2D eigenvalue weighted by Crippen LogP contribution is -2.48. The fourth-order valence-corrected chi connectivity index (χ4v) is 4.80. The van der Waals surface area contributed by atoms with Crippen molar-refractivity contribution >= 4 is 0 Å². The van der Waals surface area contributed by atoms with Crippen LogP contribution >= 0.6 is 0 Å². The van der Waals surface area contributed by atoms with Crippen molar-refractivity contribution in [1.82, 2.24) is 0 Å². The molecule has 2 fully saturated rings. The Balaban J connectivity index is 1.89. The third-order valence-electron chi connectivity index (χ3n) is 6.05. The quantitative estimate of drug-likeness (QED) is 0.803. The zero-order valence-corrected chi connectivity index (χ0v) is 13.4. The SMILES string of the molecule is CC1CC(CC2CC(C)C(N)C(C)(C)C2)CCC1N. The number of hydrogen-bond acceptors (Lipinski definition) is 2. The van der Waals surface area contributed by atoms with E-state index in [9.17, 15) is 0 Å². The van der Waals surface area contributed by atoms with E-state index < -0.39 is 0 Å². The van der Waals surface area contributed by atoms with E-state index in [1.807, 2.05) is 0 Å². The van der Waals surface area contributed by atoms with Gasteiger partial charge in [0.1, 0.15) is 0 Å². The van der Waals surface area contributed by atoms with Crippen LogP contribution in [-0.2, 0) is 0 Å². The minimum absolute atomic E-state index is 0.318. The van der Waals surface area contributed by atoms with Crippen LogP contribution in [0.1, 0.15) is 66.2 Å². The molecule has 0 aromatic heterocycles. The Morgan fingerprint density at radius 2 is 1.58 bits per heavy atom. The predicted octanol–water partition coefficient (Wildman–Crippen LogP) is 3.54. The molecule has 6 unspecified atom stereocenters. The van der Waals surface area contributed by atoms with E-state index in [4.69, 9.17) is 11.5 Å². The summed E-state index contributed by atoms with van der Waals surface area (Å²) in [7, 11) is 0. The Labute approximate surface area is 119 Å². The van der Waals surface area contributed by atoms with E-state index >= 15 is 0 Å². The monoisotopic (exact) mass is 266 g/mol. The zero-order valence-electron chi connectivity index (χ0n) is 13.4. The molecule has 2 nitrogen and oxygen atoms in total. The fraction of sp³-hybridized carbons (Fsp3) is 1.00. The first-order valence-electron chi connectivity index (χ1n) is 8.30. The molecular weight excluding hydrogens is 232 g/mol. The summed E-state index contributed by atoms with van der Waals surface area (Å²) in [5.41, 5.74) is 12.8. The fourth-order valence-electron chi connectivity index (χ4n) is 4.80. The van der Waals surface area contributed by atoms with Crippen LogP contribution in [0.5, 0.6) is 0 Å². The van der Waals surface area contributed by atoms with Crippen molar-refractivity contribution < 1.29 is 0 Å². The van der Waals surface area contributed by atoms with Crippen molar-refractivity contribution in [3.63, 3.8) is 0 Å². The normalized spacial score (nSPS) is 47.1. The average molecular weight is 266 g/mol. The van der Waals surface area contributed by atoms with Gasteiger partial charge in [-0.3, -0.25) is 0 Å². The van der Waals surface area contributed by atoms with E-state index in [-0.39, 0.29) is 0 Å². The van der Waals surface area contributed by atoms with Crippen LogP contribution in [0.25, 0.3) is 0 Å². The average Bonchev–Trinajstić information content (AvgIpc) is 2.30. The van der Waals surface area contributed by atoms with Crippen LogP contribution in [0.15, 0.2) is 0 Å². The molecule has 2 saturated carbocycles. The Bertz CT molecular complexity index is 300. The maximum absolute atomic E-state index is 6.38. The molecule has 0 spiro atoms. The van der Waals surface area contributed by atoms with Gasteiger partial charge in [-0.15, -0.1) is 0 Å². The molecule has 2 aliphatic carbocycles. The lowest BCUT2D eigenvalue weighted by Gasteiger charge is -2.46. The van der Waals surface area contributed by atoms with Gasteiger partial charge >= 0.3 is 0 Å². The minimum atomic E-state index is 0.318. The smallest absolute Gasteiger partial charge is 0.0116 e. The first-order chi connectivity index (χ1) is 8.79. The highest BCUT2D eigenvalue weighted by Crippen LogP contribution is 2.45. The Morgan fingerprint density at radius 3 is 2.16 bits per heavy atom. The Hall–Kier alpha value is -0.0800. The second-order valence-corrected chi connectivity index (χ2v) is 8.35. The molecule has 19 heavy (non-hydrogen) atoms. The van der Waals surface area contributed by atoms with Gasteiger partial charge in [-0.1, -0.05) is 27.7 Å². The van der Waals surface area contributed by atoms with Gasteiger partial charge in [0, 0.05) is 12.1 Å². The predicted molar refractivity (Wildman–Crippen MR) is 82.7 cm³/mol. The molecule has 2 heteroatoms. The molecule has 0 amide bonds. The van der Waals surface area contributed by atoms with E-state index in [1.54, 1.807) is 0 Å². The molecule has 0 heterocycles. The summed E-state index contributed by atoms with van der Waals surface area (Å²) in [6.45, 7) is 9.40. The summed E-state index contributed by atoms with van der Waals surface area (Å²) in [6, 6.07) is 0.828. The first kappa shape index (κ1) is 15.3. The van der Waals surface area contributed by atoms with Crippen LogP contribution in [-0.4, -0.2) is 12.1 Å². The molecule has 0 aliphatic heterocycles. The molecule has 4 N–H and O–H groups in total. The summed E-state index contributed by atoms with van der Waals surface area (Å²) < 4.78 is 0. The number of hydrogen-bond donors (Lipinski definition) is 2.